The molecular formula is C15H20ClNO5. The topological polar surface area (TPSA) is 95.9 Å². The van der Waals surface area contributed by atoms with Crippen molar-refractivity contribution < 1.29 is 24.5 Å². The molecule has 0 saturated carbocycles. The van der Waals surface area contributed by atoms with E-state index in [-0.39, 0.29) is 11.3 Å². The van der Waals surface area contributed by atoms with Crippen molar-refractivity contribution >= 4 is 29.4 Å². The number of anilines is 1. The molecule has 0 saturated heterocycles. The number of amides is 1. The number of carboxylic acids is 1. The van der Waals surface area contributed by atoms with E-state index in [4.69, 9.17) is 21.4 Å². The Morgan fingerprint density at radius 3 is 2.68 bits per heavy atom. The molecule has 1 rings (SSSR count). The van der Waals surface area contributed by atoms with Crippen molar-refractivity contribution in [1.82, 2.24) is 0 Å². The van der Waals surface area contributed by atoms with Gasteiger partial charge in [-0.2, -0.15) is 0 Å². The van der Waals surface area contributed by atoms with Gasteiger partial charge in [-0.15, -0.1) is 0 Å². The highest BCUT2D eigenvalue weighted by Crippen LogP contribution is 2.27. The van der Waals surface area contributed by atoms with Gasteiger partial charge in [0.1, 0.15) is 5.56 Å². The summed E-state index contributed by atoms with van der Waals surface area (Å²) >= 11 is 5.90. The van der Waals surface area contributed by atoms with Crippen molar-refractivity contribution in [3.8, 4) is 5.75 Å². The average molecular weight is 330 g/mol. The minimum Gasteiger partial charge on any atom is -0.505 e. The lowest BCUT2D eigenvalue weighted by molar-refractivity contribution is 0.0693. The third kappa shape index (κ3) is 5.81. The number of ether oxygens (including phenoxy) is 1. The van der Waals surface area contributed by atoms with Crippen LogP contribution in [0.4, 0.5) is 10.5 Å². The molecule has 122 valence electrons. The number of aromatic hydroxyl groups is 1. The van der Waals surface area contributed by atoms with Gasteiger partial charge in [-0.3, -0.25) is 5.32 Å². The summed E-state index contributed by atoms with van der Waals surface area (Å²) in [6, 6.07) is 4.00. The molecule has 0 radical (unpaired) electrons. The first-order chi connectivity index (χ1) is 10.5. The zero-order valence-electron chi connectivity index (χ0n) is 12.3. The Balaban J connectivity index is 2.51. The highest BCUT2D eigenvalue weighted by molar-refractivity contribution is 6.20. The second kappa shape index (κ2) is 9.15. The zero-order valence-corrected chi connectivity index (χ0v) is 13.1. The predicted octanol–water partition coefficient (Wildman–Crippen LogP) is 4.17. The lowest BCUT2D eigenvalue weighted by atomic mass is 10.1. The molecule has 1 atom stereocenters. The quantitative estimate of drug-likeness (QED) is 0.378. The fraction of sp³-hybridized carbons (Fsp3) is 0.467. The van der Waals surface area contributed by atoms with E-state index in [0.29, 0.717) is 6.42 Å². The van der Waals surface area contributed by atoms with Crippen LogP contribution < -0.4 is 5.32 Å². The predicted molar refractivity (Wildman–Crippen MR) is 83.6 cm³/mol. The van der Waals surface area contributed by atoms with Crippen molar-refractivity contribution in [3.05, 3.63) is 23.8 Å². The summed E-state index contributed by atoms with van der Waals surface area (Å²) < 4.78 is 4.95. The first kappa shape index (κ1) is 18.1. The number of alkyl halides is 1. The van der Waals surface area contributed by atoms with Gasteiger partial charge in [0.15, 0.2) is 11.3 Å². The number of nitrogens with one attached hydrogen (secondary N) is 1. The van der Waals surface area contributed by atoms with E-state index in [9.17, 15) is 14.7 Å². The van der Waals surface area contributed by atoms with Gasteiger partial charge in [-0.05, 0) is 25.0 Å². The molecule has 6 nitrogen and oxygen atoms in total. The van der Waals surface area contributed by atoms with Gasteiger partial charge >= 0.3 is 12.1 Å². The molecule has 0 bridgehead atoms. The fourth-order valence-electron chi connectivity index (χ4n) is 1.86. The van der Waals surface area contributed by atoms with Crippen LogP contribution in [0, 0.1) is 0 Å². The SMILES string of the molecule is CCCCCCC(Cl)OC(=O)Nc1cccc(C(=O)O)c1O. The molecule has 1 unspecified atom stereocenters. The molecule has 0 heterocycles. The van der Waals surface area contributed by atoms with Crippen molar-refractivity contribution in [3.63, 3.8) is 0 Å². The van der Waals surface area contributed by atoms with Crippen LogP contribution in [0.15, 0.2) is 18.2 Å². The second-order valence-corrected chi connectivity index (χ2v) is 5.28. The Kier molecular flexibility index (Phi) is 7.52. The van der Waals surface area contributed by atoms with E-state index in [1.807, 2.05) is 0 Å². The van der Waals surface area contributed by atoms with Gasteiger partial charge in [0.2, 0.25) is 0 Å². The molecule has 3 N–H and O–H groups in total. The molecule has 0 spiro atoms. The maximum Gasteiger partial charge on any atom is 0.413 e. The van der Waals surface area contributed by atoms with E-state index in [2.05, 4.69) is 12.2 Å². The monoisotopic (exact) mass is 329 g/mol. The van der Waals surface area contributed by atoms with Crippen LogP contribution in [0.2, 0.25) is 0 Å². The number of rotatable bonds is 8. The molecule has 22 heavy (non-hydrogen) atoms. The number of carboxylic acid groups (broad SMARTS) is 1. The van der Waals surface area contributed by atoms with E-state index in [1.165, 1.54) is 18.2 Å². The van der Waals surface area contributed by atoms with E-state index in [0.717, 1.165) is 25.7 Å². The number of benzene rings is 1. The highest BCUT2D eigenvalue weighted by Gasteiger charge is 2.16. The maximum absolute atomic E-state index is 11.7. The van der Waals surface area contributed by atoms with Crippen LogP contribution in [0.3, 0.4) is 0 Å². The van der Waals surface area contributed by atoms with Crippen LogP contribution in [0.25, 0.3) is 0 Å². The molecule has 1 amide bonds. The Morgan fingerprint density at radius 1 is 1.32 bits per heavy atom. The Hall–Kier alpha value is -1.95. The van der Waals surface area contributed by atoms with E-state index >= 15 is 0 Å². The smallest absolute Gasteiger partial charge is 0.413 e. The molecule has 0 aliphatic heterocycles. The highest BCUT2D eigenvalue weighted by atomic mass is 35.5. The molecule has 0 fully saturated rings. The molecular weight excluding hydrogens is 310 g/mol. The number of para-hydroxylation sites is 1. The molecule has 0 aliphatic carbocycles. The summed E-state index contributed by atoms with van der Waals surface area (Å²) in [7, 11) is 0. The third-order valence-electron chi connectivity index (χ3n) is 3.02. The first-order valence-electron chi connectivity index (χ1n) is 7.12. The number of carbonyl (C=O) groups excluding carboxylic acids is 1. The van der Waals surface area contributed by atoms with Gasteiger partial charge in [-0.25, -0.2) is 9.59 Å². The number of hydrogen-bond donors (Lipinski definition) is 3. The number of halogens is 1. The Labute approximate surface area is 134 Å². The summed E-state index contributed by atoms with van der Waals surface area (Å²) in [6.45, 7) is 2.10. The summed E-state index contributed by atoms with van der Waals surface area (Å²) in [5, 5.41) is 20.9. The largest absolute Gasteiger partial charge is 0.505 e. The standard InChI is InChI=1S/C15H20ClNO5/c1-2-3-4-5-9-12(16)22-15(21)17-11-8-6-7-10(13(11)18)14(19)20/h6-8,12,18H,2-5,9H2,1H3,(H,17,21)(H,19,20). The second-order valence-electron chi connectivity index (χ2n) is 4.80. The van der Waals surface area contributed by atoms with Crippen molar-refractivity contribution in [1.29, 1.82) is 0 Å². The van der Waals surface area contributed by atoms with Crippen LogP contribution in [-0.2, 0) is 4.74 Å². The first-order valence-corrected chi connectivity index (χ1v) is 7.56. The normalized spacial score (nSPS) is 11.7. The van der Waals surface area contributed by atoms with Gasteiger partial charge in [0.05, 0.1) is 5.69 Å². The summed E-state index contributed by atoms with van der Waals surface area (Å²) in [4.78, 5) is 22.6. The Morgan fingerprint density at radius 2 is 2.05 bits per heavy atom. The average Bonchev–Trinajstić information content (AvgIpc) is 2.45. The zero-order chi connectivity index (χ0) is 16.5. The van der Waals surface area contributed by atoms with Crippen LogP contribution in [0.5, 0.6) is 5.75 Å². The summed E-state index contributed by atoms with van der Waals surface area (Å²) in [5.74, 6) is -1.82. The van der Waals surface area contributed by atoms with Gasteiger partial charge in [-0.1, -0.05) is 43.9 Å². The number of aromatic carboxylic acids is 1. The van der Waals surface area contributed by atoms with Gasteiger partial charge < -0.3 is 14.9 Å². The minimum absolute atomic E-state index is 0.0419. The van der Waals surface area contributed by atoms with Crippen LogP contribution >= 0.6 is 11.6 Å². The van der Waals surface area contributed by atoms with Gasteiger partial charge in [0.25, 0.3) is 0 Å². The minimum atomic E-state index is -1.29. The maximum atomic E-state index is 11.7. The number of hydrogen-bond acceptors (Lipinski definition) is 4. The molecule has 1 aromatic carbocycles. The van der Waals surface area contributed by atoms with E-state index in [1.54, 1.807) is 0 Å². The van der Waals surface area contributed by atoms with Crippen molar-refractivity contribution in [2.24, 2.45) is 0 Å². The van der Waals surface area contributed by atoms with Crippen LogP contribution in [0.1, 0.15) is 49.4 Å². The number of carbonyl (C=O) groups is 2. The number of phenols is 1. The summed E-state index contributed by atoms with van der Waals surface area (Å²) in [5.41, 5.74) is -1.11. The van der Waals surface area contributed by atoms with E-state index < -0.39 is 23.4 Å². The third-order valence-corrected chi connectivity index (χ3v) is 3.33. The van der Waals surface area contributed by atoms with Crippen LogP contribution in [-0.4, -0.2) is 27.8 Å². The lowest BCUT2D eigenvalue weighted by Gasteiger charge is -2.13. The fourth-order valence-corrected chi connectivity index (χ4v) is 2.10. The molecule has 0 aromatic heterocycles. The van der Waals surface area contributed by atoms with Crippen molar-refractivity contribution in [2.75, 3.05) is 5.32 Å². The van der Waals surface area contributed by atoms with Crippen molar-refractivity contribution in [2.45, 2.75) is 44.6 Å². The van der Waals surface area contributed by atoms with Gasteiger partial charge in [0, 0.05) is 0 Å². The summed E-state index contributed by atoms with van der Waals surface area (Å²) in [6.07, 6.45) is 3.78. The molecule has 1 aromatic rings. The lowest BCUT2D eigenvalue weighted by Crippen LogP contribution is -2.19. The Bertz CT molecular complexity index is 521. The molecule has 7 heteroatoms. The number of unbranched alkanes of at least 4 members (excludes halogenated alkanes) is 3. The molecule has 0 aliphatic rings.